The SMILES string of the molecule is CC(C)(C)OC(=O)NC(C)(C)C(=O)N1CCN(C(=O)Nc2ccn(C3CCC(CO)CC3)c(=O)n2)CC1. The van der Waals surface area contributed by atoms with Crippen LogP contribution in [0.5, 0.6) is 0 Å². The smallest absolute Gasteiger partial charge is 0.408 e. The van der Waals surface area contributed by atoms with Crippen molar-refractivity contribution in [2.75, 3.05) is 38.1 Å². The van der Waals surface area contributed by atoms with Gasteiger partial charge in [-0.25, -0.2) is 14.4 Å². The molecule has 2 heterocycles. The first-order valence-corrected chi connectivity index (χ1v) is 12.9. The summed E-state index contributed by atoms with van der Waals surface area (Å²) in [7, 11) is 0. The monoisotopic (exact) mass is 520 g/mol. The molecular weight excluding hydrogens is 480 g/mol. The van der Waals surface area contributed by atoms with Crippen molar-refractivity contribution >= 4 is 23.8 Å². The lowest BCUT2D eigenvalue weighted by Gasteiger charge is -2.38. The van der Waals surface area contributed by atoms with E-state index in [-0.39, 0.29) is 24.4 Å². The number of rotatable bonds is 5. The molecule has 0 bridgehead atoms. The number of nitrogens with one attached hydrogen (secondary N) is 2. The Morgan fingerprint density at radius 2 is 1.62 bits per heavy atom. The third-order valence-corrected chi connectivity index (χ3v) is 6.74. The third kappa shape index (κ3) is 7.67. The van der Waals surface area contributed by atoms with Crippen LogP contribution < -0.4 is 16.3 Å². The fourth-order valence-corrected chi connectivity index (χ4v) is 4.67. The fraction of sp³-hybridized carbons (Fsp3) is 0.720. The number of ether oxygens (including phenoxy) is 1. The van der Waals surface area contributed by atoms with E-state index >= 15 is 0 Å². The highest BCUT2D eigenvalue weighted by molar-refractivity contribution is 5.90. The largest absolute Gasteiger partial charge is 0.444 e. The van der Waals surface area contributed by atoms with Crippen LogP contribution in [-0.4, -0.2) is 86.4 Å². The second-order valence-corrected chi connectivity index (χ2v) is 11.3. The Labute approximate surface area is 217 Å². The quantitative estimate of drug-likeness (QED) is 0.538. The van der Waals surface area contributed by atoms with Gasteiger partial charge < -0.3 is 25.0 Å². The molecule has 4 amide bonds. The maximum absolute atomic E-state index is 13.0. The van der Waals surface area contributed by atoms with Crippen LogP contribution in [0.4, 0.5) is 15.4 Å². The van der Waals surface area contributed by atoms with Gasteiger partial charge in [-0.2, -0.15) is 4.98 Å². The minimum absolute atomic E-state index is 0.0484. The van der Waals surface area contributed by atoms with Crippen LogP contribution >= 0.6 is 0 Å². The molecule has 0 aromatic carbocycles. The van der Waals surface area contributed by atoms with Crippen LogP contribution in [0.2, 0.25) is 0 Å². The second-order valence-electron chi connectivity index (χ2n) is 11.3. The van der Waals surface area contributed by atoms with Crippen LogP contribution in [0.25, 0.3) is 0 Å². The molecule has 0 spiro atoms. The van der Waals surface area contributed by atoms with Crippen molar-refractivity contribution in [1.82, 2.24) is 24.7 Å². The summed E-state index contributed by atoms with van der Waals surface area (Å²) in [5.41, 5.74) is -2.26. The number of carbonyl (C=O) groups excluding carboxylic acids is 3. The van der Waals surface area contributed by atoms with Gasteiger partial charge in [0.1, 0.15) is 17.0 Å². The van der Waals surface area contributed by atoms with Crippen LogP contribution in [0, 0.1) is 5.92 Å². The second kappa shape index (κ2) is 11.5. The molecule has 0 unspecified atom stereocenters. The maximum Gasteiger partial charge on any atom is 0.408 e. The number of hydrogen-bond acceptors (Lipinski definition) is 7. The Balaban J connectivity index is 1.50. The molecule has 2 fully saturated rings. The van der Waals surface area contributed by atoms with Gasteiger partial charge in [-0.1, -0.05) is 0 Å². The summed E-state index contributed by atoms with van der Waals surface area (Å²) in [6.07, 6.45) is 4.35. The average molecular weight is 521 g/mol. The predicted octanol–water partition coefficient (Wildman–Crippen LogP) is 1.95. The Kier molecular flexibility index (Phi) is 8.83. The molecule has 12 nitrogen and oxygen atoms in total. The number of hydrogen-bond donors (Lipinski definition) is 3. The highest BCUT2D eigenvalue weighted by Gasteiger charge is 2.37. The van der Waals surface area contributed by atoms with E-state index in [0.717, 1.165) is 25.7 Å². The zero-order valence-electron chi connectivity index (χ0n) is 22.5. The van der Waals surface area contributed by atoms with Crippen LogP contribution in [0.3, 0.4) is 0 Å². The number of carbonyl (C=O) groups is 3. The summed E-state index contributed by atoms with van der Waals surface area (Å²) in [5, 5.41) is 14.6. The predicted molar refractivity (Wildman–Crippen MR) is 137 cm³/mol. The van der Waals surface area contributed by atoms with E-state index in [9.17, 15) is 24.3 Å². The number of amides is 4. The van der Waals surface area contributed by atoms with E-state index in [4.69, 9.17) is 4.74 Å². The number of nitrogens with zero attached hydrogens (tertiary/aromatic N) is 4. The molecule has 1 aromatic heterocycles. The van der Waals surface area contributed by atoms with E-state index < -0.39 is 29.0 Å². The highest BCUT2D eigenvalue weighted by atomic mass is 16.6. The van der Waals surface area contributed by atoms with Crippen molar-refractivity contribution in [1.29, 1.82) is 0 Å². The zero-order chi connectivity index (χ0) is 27.4. The first kappa shape index (κ1) is 28.4. The minimum Gasteiger partial charge on any atom is -0.444 e. The molecule has 12 heteroatoms. The van der Waals surface area contributed by atoms with E-state index in [0.29, 0.717) is 32.1 Å². The molecule has 0 atom stereocenters. The Morgan fingerprint density at radius 3 is 2.16 bits per heavy atom. The summed E-state index contributed by atoms with van der Waals surface area (Å²) in [6, 6.07) is 1.26. The Bertz CT molecular complexity index is 1030. The molecule has 1 aromatic rings. The molecule has 206 valence electrons. The topological polar surface area (TPSA) is 146 Å². The number of aliphatic hydroxyl groups is 1. The zero-order valence-corrected chi connectivity index (χ0v) is 22.5. The summed E-state index contributed by atoms with van der Waals surface area (Å²) >= 11 is 0. The van der Waals surface area contributed by atoms with Crippen molar-refractivity contribution in [2.45, 2.75) is 77.5 Å². The van der Waals surface area contributed by atoms with Gasteiger partial charge in [0.05, 0.1) is 0 Å². The van der Waals surface area contributed by atoms with Crippen molar-refractivity contribution < 1.29 is 24.2 Å². The van der Waals surface area contributed by atoms with Crippen molar-refractivity contribution in [3.05, 3.63) is 22.7 Å². The summed E-state index contributed by atoms with van der Waals surface area (Å²) in [5.74, 6) is 0.203. The normalized spacial score (nSPS) is 20.8. The summed E-state index contributed by atoms with van der Waals surface area (Å²) in [6.45, 7) is 9.85. The van der Waals surface area contributed by atoms with Crippen LogP contribution in [0.15, 0.2) is 17.1 Å². The number of alkyl carbamates (subject to hydrolysis) is 1. The van der Waals surface area contributed by atoms with Gasteiger partial charge in [0.2, 0.25) is 5.91 Å². The summed E-state index contributed by atoms with van der Waals surface area (Å²) < 4.78 is 6.85. The molecule has 1 aliphatic carbocycles. The van der Waals surface area contributed by atoms with E-state index in [1.807, 2.05) is 0 Å². The van der Waals surface area contributed by atoms with E-state index in [2.05, 4.69) is 15.6 Å². The van der Waals surface area contributed by atoms with Gasteiger partial charge in [-0.3, -0.25) is 14.7 Å². The molecule has 1 saturated heterocycles. The number of urea groups is 1. The lowest BCUT2D eigenvalue weighted by Crippen LogP contribution is -2.60. The van der Waals surface area contributed by atoms with Gasteiger partial charge in [0.25, 0.3) is 0 Å². The van der Waals surface area contributed by atoms with Crippen molar-refractivity contribution in [2.24, 2.45) is 5.92 Å². The van der Waals surface area contributed by atoms with Gasteiger partial charge in [0.15, 0.2) is 0 Å². The molecule has 3 N–H and O–H groups in total. The molecule has 2 aliphatic rings. The number of piperazine rings is 1. The van der Waals surface area contributed by atoms with Crippen molar-refractivity contribution in [3.63, 3.8) is 0 Å². The fourth-order valence-electron chi connectivity index (χ4n) is 4.67. The number of anilines is 1. The summed E-state index contributed by atoms with van der Waals surface area (Å²) in [4.78, 5) is 57.6. The van der Waals surface area contributed by atoms with Gasteiger partial charge >= 0.3 is 17.8 Å². The van der Waals surface area contributed by atoms with Gasteiger partial charge in [-0.05, 0) is 72.3 Å². The Morgan fingerprint density at radius 1 is 1.03 bits per heavy atom. The Hall–Kier alpha value is -3.15. The average Bonchev–Trinajstić information content (AvgIpc) is 2.82. The van der Waals surface area contributed by atoms with Crippen molar-refractivity contribution in [3.8, 4) is 0 Å². The van der Waals surface area contributed by atoms with Gasteiger partial charge in [-0.15, -0.1) is 0 Å². The first-order chi connectivity index (χ1) is 17.3. The van der Waals surface area contributed by atoms with Crippen LogP contribution in [0.1, 0.15) is 66.3 Å². The number of aromatic nitrogens is 2. The molecule has 37 heavy (non-hydrogen) atoms. The molecular formula is C25H40N6O6. The van der Waals surface area contributed by atoms with E-state index in [1.54, 1.807) is 61.2 Å². The third-order valence-electron chi connectivity index (χ3n) is 6.74. The lowest BCUT2D eigenvalue weighted by molar-refractivity contribution is -0.138. The molecule has 3 rings (SSSR count). The maximum atomic E-state index is 13.0. The minimum atomic E-state index is -1.17. The molecule has 0 radical (unpaired) electrons. The number of aliphatic hydroxyl groups excluding tert-OH is 1. The highest BCUT2D eigenvalue weighted by Crippen LogP contribution is 2.31. The standard InChI is InChI=1S/C25H40N6O6/c1-24(2,3)37-23(36)28-25(4,5)20(33)29-12-14-30(15-13-29)21(34)26-19-10-11-31(22(35)27-19)18-8-6-17(16-32)7-9-18/h10-11,17-18,32H,6-9,12-16H2,1-5H3,(H,28,36)(H,26,27,34,35). The molecule has 1 aliphatic heterocycles. The lowest BCUT2D eigenvalue weighted by atomic mass is 9.86. The molecule has 1 saturated carbocycles. The van der Waals surface area contributed by atoms with Gasteiger partial charge in [0, 0.05) is 45.0 Å². The first-order valence-electron chi connectivity index (χ1n) is 12.9. The van der Waals surface area contributed by atoms with Crippen LogP contribution in [-0.2, 0) is 9.53 Å². The van der Waals surface area contributed by atoms with E-state index in [1.165, 1.54) is 0 Å².